The number of hydrogen-bond donors (Lipinski definition) is 0. The lowest BCUT2D eigenvalue weighted by Gasteiger charge is -2.47. The second-order valence-electron chi connectivity index (χ2n) is 6.39. The van der Waals surface area contributed by atoms with E-state index >= 15 is 0 Å². The summed E-state index contributed by atoms with van der Waals surface area (Å²) in [6.45, 7) is 2.42. The third-order valence-electron chi connectivity index (χ3n) is 5.02. The fraction of sp³-hybridized carbons (Fsp3) is 0.588. The summed E-state index contributed by atoms with van der Waals surface area (Å²) < 4.78 is 0. The maximum Gasteiger partial charge on any atom is 0.146 e. The van der Waals surface area contributed by atoms with Crippen LogP contribution in [0.4, 0.5) is 0 Å². The molecule has 2 fully saturated rings. The van der Waals surface area contributed by atoms with Gasteiger partial charge in [-0.2, -0.15) is 0 Å². The Labute approximate surface area is 120 Å². The number of ketones is 1. The number of benzene rings is 1. The largest absolute Gasteiger partial charge is 0.298 e. The van der Waals surface area contributed by atoms with Crippen LogP contribution in [0, 0.1) is 11.3 Å². The van der Waals surface area contributed by atoms with Gasteiger partial charge in [0.05, 0.1) is 5.25 Å². The van der Waals surface area contributed by atoms with Gasteiger partial charge in [-0.1, -0.05) is 38.0 Å². The molecule has 0 heterocycles. The molecule has 102 valence electrons. The minimum Gasteiger partial charge on any atom is -0.298 e. The van der Waals surface area contributed by atoms with Crippen molar-refractivity contribution in [2.45, 2.75) is 55.6 Å². The maximum atomic E-state index is 12.4. The van der Waals surface area contributed by atoms with Crippen LogP contribution >= 0.6 is 11.8 Å². The van der Waals surface area contributed by atoms with Crippen LogP contribution in [-0.4, -0.2) is 11.0 Å². The van der Waals surface area contributed by atoms with Gasteiger partial charge in [-0.25, -0.2) is 0 Å². The molecular weight excluding hydrogens is 252 g/mol. The second-order valence-corrected chi connectivity index (χ2v) is 7.67. The summed E-state index contributed by atoms with van der Waals surface area (Å²) in [6.07, 6.45) is 7.16. The van der Waals surface area contributed by atoms with Gasteiger partial charge in [0.25, 0.3) is 0 Å². The number of carbonyl (C=O) groups excluding carboxylic acids is 1. The first-order valence-corrected chi connectivity index (χ1v) is 8.30. The molecule has 0 N–H and O–H groups in total. The summed E-state index contributed by atoms with van der Waals surface area (Å²) in [5.41, 5.74) is 0.415. The van der Waals surface area contributed by atoms with Gasteiger partial charge >= 0.3 is 0 Å². The Hall–Kier alpha value is -0.760. The molecule has 0 radical (unpaired) electrons. The second kappa shape index (κ2) is 5.32. The quantitative estimate of drug-likeness (QED) is 0.777. The summed E-state index contributed by atoms with van der Waals surface area (Å²) in [6, 6.07) is 10.4. The lowest BCUT2D eigenvalue weighted by atomic mass is 9.60. The van der Waals surface area contributed by atoms with Crippen molar-refractivity contribution in [2.24, 2.45) is 11.3 Å². The van der Waals surface area contributed by atoms with E-state index in [4.69, 9.17) is 0 Å². The van der Waals surface area contributed by atoms with E-state index in [1.165, 1.54) is 30.6 Å². The predicted octanol–water partition coefficient (Wildman–Crippen LogP) is 4.71. The lowest BCUT2D eigenvalue weighted by Crippen LogP contribution is -2.42. The number of rotatable bonds is 2. The number of hydrogen-bond acceptors (Lipinski definition) is 2. The van der Waals surface area contributed by atoms with Crippen molar-refractivity contribution in [2.75, 3.05) is 0 Å². The number of carbonyl (C=O) groups is 1. The van der Waals surface area contributed by atoms with Crippen LogP contribution < -0.4 is 0 Å². The Morgan fingerprint density at radius 2 is 2.00 bits per heavy atom. The van der Waals surface area contributed by atoms with Crippen molar-refractivity contribution in [3.8, 4) is 0 Å². The van der Waals surface area contributed by atoms with Crippen LogP contribution in [0.25, 0.3) is 0 Å². The van der Waals surface area contributed by atoms with Crippen molar-refractivity contribution in [3.05, 3.63) is 30.3 Å². The highest BCUT2D eigenvalue weighted by molar-refractivity contribution is 8.00. The third kappa shape index (κ3) is 2.74. The van der Waals surface area contributed by atoms with E-state index in [0.29, 0.717) is 17.1 Å². The standard InChI is InChI=1S/C17H22OS/c1-17-10-6-5-7-13(17)11-15(18)16(12-17)19-14-8-3-2-4-9-14/h2-4,8-9,13,16H,5-7,10-12H2,1H3/t13-,16+,17-/m0/s1. The highest BCUT2D eigenvalue weighted by Crippen LogP contribution is 2.51. The van der Waals surface area contributed by atoms with E-state index < -0.39 is 0 Å². The molecule has 0 spiro atoms. The normalized spacial score (nSPS) is 34.9. The topological polar surface area (TPSA) is 17.1 Å². The molecule has 0 bridgehead atoms. The Kier molecular flexibility index (Phi) is 3.70. The average Bonchev–Trinajstić information content (AvgIpc) is 2.41. The first kappa shape index (κ1) is 13.2. The van der Waals surface area contributed by atoms with Crippen LogP contribution in [0.3, 0.4) is 0 Å². The van der Waals surface area contributed by atoms with Crippen molar-refractivity contribution < 1.29 is 4.79 Å². The highest BCUT2D eigenvalue weighted by atomic mass is 32.2. The smallest absolute Gasteiger partial charge is 0.146 e. The maximum absolute atomic E-state index is 12.4. The predicted molar refractivity (Wildman–Crippen MR) is 80.4 cm³/mol. The molecular formula is C17H22OS. The minimum absolute atomic E-state index is 0.182. The lowest BCUT2D eigenvalue weighted by molar-refractivity contribution is -0.125. The summed E-state index contributed by atoms with van der Waals surface area (Å²) >= 11 is 1.78. The van der Waals surface area contributed by atoms with Crippen LogP contribution in [0.1, 0.15) is 45.4 Å². The van der Waals surface area contributed by atoms with E-state index in [1.807, 2.05) is 6.07 Å². The van der Waals surface area contributed by atoms with Gasteiger partial charge in [0, 0.05) is 11.3 Å². The van der Waals surface area contributed by atoms with Crippen molar-refractivity contribution >= 4 is 17.5 Å². The molecule has 0 aliphatic heterocycles. The zero-order valence-electron chi connectivity index (χ0n) is 11.6. The Balaban J connectivity index is 1.74. The molecule has 1 aromatic rings. The first-order chi connectivity index (χ1) is 9.17. The van der Waals surface area contributed by atoms with Gasteiger partial charge in [0.2, 0.25) is 0 Å². The van der Waals surface area contributed by atoms with E-state index in [0.717, 1.165) is 12.8 Å². The molecule has 3 rings (SSSR count). The van der Waals surface area contributed by atoms with Crippen LogP contribution in [0.5, 0.6) is 0 Å². The van der Waals surface area contributed by atoms with Crippen LogP contribution in [0.2, 0.25) is 0 Å². The monoisotopic (exact) mass is 274 g/mol. The fourth-order valence-corrected chi connectivity index (χ4v) is 5.11. The summed E-state index contributed by atoms with van der Waals surface area (Å²) in [4.78, 5) is 13.6. The summed E-state index contributed by atoms with van der Waals surface area (Å²) in [5.74, 6) is 1.14. The minimum atomic E-state index is 0.182. The number of Topliss-reactive ketones (excluding diaryl/α,β-unsaturated/α-hetero) is 1. The van der Waals surface area contributed by atoms with Crippen LogP contribution in [-0.2, 0) is 4.79 Å². The molecule has 19 heavy (non-hydrogen) atoms. The Morgan fingerprint density at radius 3 is 2.79 bits per heavy atom. The molecule has 1 nitrogen and oxygen atoms in total. The molecule has 0 amide bonds. The van der Waals surface area contributed by atoms with Crippen LogP contribution in [0.15, 0.2) is 35.2 Å². The average molecular weight is 274 g/mol. The van der Waals surface area contributed by atoms with Gasteiger partial charge in [0.15, 0.2) is 0 Å². The summed E-state index contributed by atoms with van der Waals surface area (Å²) in [5, 5.41) is 0.182. The van der Waals surface area contributed by atoms with Crippen molar-refractivity contribution in [3.63, 3.8) is 0 Å². The van der Waals surface area contributed by atoms with Crippen molar-refractivity contribution in [1.82, 2.24) is 0 Å². The molecule has 2 aliphatic rings. The number of thioether (sulfide) groups is 1. The van der Waals surface area contributed by atoms with Gasteiger partial charge < -0.3 is 0 Å². The van der Waals surface area contributed by atoms with E-state index in [-0.39, 0.29) is 5.25 Å². The fourth-order valence-electron chi connectivity index (χ4n) is 3.77. The van der Waals surface area contributed by atoms with Gasteiger partial charge in [-0.05, 0) is 42.7 Å². The zero-order valence-corrected chi connectivity index (χ0v) is 12.4. The Bertz CT molecular complexity index is 456. The molecule has 2 saturated carbocycles. The first-order valence-electron chi connectivity index (χ1n) is 7.42. The zero-order chi connectivity index (χ0) is 13.3. The van der Waals surface area contributed by atoms with E-state index in [1.54, 1.807) is 11.8 Å². The molecule has 2 heteroatoms. The van der Waals surface area contributed by atoms with E-state index in [9.17, 15) is 4.79 Å². The summed E-state index contributed by atoms with van der Waals surface area (Å²) in [7, 11) is 0. The molecule has 0 aromatic heterocycles. The molecule has 3 atom stereocenters. The van der Waals surface area contributed by atoms with Gasteiger partial charge in [0.1, 0.15) is 5.78 Å². The van der Waals surface area contributed by atoms with E-state index in [2.05, 4.69) is 31.2 Å². The number of fused-ring (bicyclic) bond motifs is 1. The van der Waals surface area contributed by atoms with Crippen molar-refractivity contribution in [1.29, 1.82) is 0 Å². The molecule has 0 saturated heterocycles. The SMILES string of the molecule is C[C@@]12CCCC[C@H]1CC(=O)[C@H](Sc1ccccc1)C2. The third-order valence-corrected chi connectivity index (χ3v) is 6.27. The Morgan fingerprint density at radius 1 is 1.21 bits per heavy atom. The molecule has 2 aliphatic carbocycles. The van der Waals surface area contributed by atoms with Gasteiger partial charge in [-0.15, -0.1) is 11.8 Å². The highest BCUT2D eigenvalue weighted by Gasteiger charge is 2.45. The molecule has 0 unspecified atom stereocenters. The molecule has 1 aromatic carbocycles. The van der Waals surface area contributed by atoms with Gasteiger partial charge in [-0.3, -0.25) is 4.79 Å².